The molecule has 0 aliphatic rings. The Hall–Kier alpha value is -1.86. The van der Waals surface area contributed by atoms with Gasteiger partial charge >= 0.3 is 29.6 Å². The van der Waals surface area contributed by atoms with Gasteiger partial charge in [0.05, 0.1) is 4.90 Å². The van der Waals surface area contributed by atoms with Crippen LogP contribution in [0.1, 0.15) is 0 Å². The Morgan fingerprint density at radius 2 is 1.61 bits per heavy atom. The molecule has 0 aromatic heterocycles. The monoisotopic (exact) mass is 430 g/mol. The van der Waals surface area contributed by atoms with Crippen molar-refractivity contribution in [2.75, 3.05) is 0 Å². The molecule has 0 spiro atoms. The molecule has 140 valence electrons. The molecule has 0 unspecified atom stereocenters. The molecular formula is C16H11N2NaO7S2. The van der Waals surface area contributed by atoms with Gasteiger partial charge in [0.2, 0.25) is 10.1 Å². The van der Waals surface area contributed by atoms with Crippen LogP contribution in [0.15, 0.2) is 68.6 Å². The van der Waals surface area contributed by atoms with Crippen molar-refractivity contribution in [2.45, 2.75) is 9.79 Å². The first-order valence-corrected chi connectivity index (χ1v) is 10.1. The summed E-state index contributed by atoms with van der Waals surface area (Å²) in [7, 11) is -8.96. The van der Waals surface area contributed by atoms with E-state index in [1.807, 2.05) is 0 Å². The molecule has 0 aliphatic heterocycles. The van der Waals surface area contributed by atoms with Gasteiger partial charge in [0.15, 0.2) is 0 Å². The van der Waals surface area contributed by atoms with E-state index in [-0.39, 0.29) is 51.6 Å². The number of hydrogen-bond donors (Lipinski definition) is 3. The zero-order valence-corrected chi connectivity index (χ0v) is 17.9. The van der Waals surface area contributed by atoms with E-state index in [9.17, 15) is 26.5 Å². The smallest absolute Gasteiger partial charge is 0.506 e. The Morgan fingerprint density at radius 3 is 2.25 bits per heavy atom. The molecule has 0 heterocycles. The number of phenolic OH excluding ortho intramolecular Hbond substituents is 1. The third-order valence-corrected chi connectivity index (χ3v) is 5.31. The fourth-order valence-electron chi connectivity index (χ4n) is 2.35. The molecule has 28 heavy (non-hydrogen) atoms. The fourth-order valence-corrected chi connectivity index (χ4v) is 3.45. The third-order valence-electron chi connectivity index (χ3n) is 3.58. The van der Waals surface area contributed by atoms with Crippen molar-refractivity contribution >= 4 is 42.4 Å². The van der Waals surface area contributed by atoms with Crippen molar-refractivity contribution in [3.8, 4) is 5.75 Å². The van der Waals surface area contributed by atoms with E-state index in [1.54, 1.807) is 0 Å². The number of aromatic hydroxyl groups is 1. The van der Waals surface area contributed by atoms with Crippen LogP contribution in [0.5, 0.6) is 5.75 Å². The van der Waals surface area contributed by atoms with Crippen molar-refractivity contribution in [1.29, 1.82) is 0 Å². The Morgan fingerprint density at radius 1 is 0.893 bits per heavy atom. The average Bonchev–Trinajstić information content (AvgIpc) is 2.59. The number of phenols is 1. The van der Waals surface area contributed by atoms with E-state index >= 15 is 0 Å². The number of nitrogens with zero attached hydrogens (tertiary/aromatic N) is 2. The summed E-state index contributed by atoms with van der Waals surface area (Å²) in [6.45, 7) is 0. The minimum atomic E-state index is -4.55. The average molecular weight is 430 g/mol. The normalized spacial score (nSPS) is 12.2. The standard InChI is InChI=1S/C16H11N2O7S2.Na/c19-14-8-5-10-9-11(26(20,21)22)6-7-12(10)16(14)18-17-13-3-1-2-4-15(13)27(23,24)25;/h1,3-9,19H,(H,20,21,22)(H,23,24,25);/q-1;+1. The van der Waals surface area contributed by atoms with E-state index in [1.165, 1.54) is 36.4 Å². The van der Waals surface area contributed by atoms with Gasteiger partial charge in [-0.25, -0.2) is 8.42 Å². The molecule has 0 saturated carbocycles. The Balaban J connectivity index is 0.00000280. The molecule has 0 atom stereocenters. The molecule has 0 bridgehead atoms. The zero-order chi connectivity index (χ0) is 19.8. The van der Waals surface area contributed by atoms with Crippen LogP contribution in [-0.4, -0.2) is 31.0 Å². The predicted octanol–water partition coefficient (Wildman–Crippen LogP) is 0.258. The molecule has 9 nitrogen and oxygen atoms in total. The van der Waals surface area contributed by atoms with Gasteiger partial charge in [-0.3, -0.25) is 9.11 Å². The van der Waals surface area contributed by atoms with E-state index in [2.05, 4.69) is 16.3 Å². The molecule has 3 aromatic carbocycles. The van der Waals surface area contributed by atoms with E-state index in [4.69, 9.17) is 4.55 Å². The van der Waals surface area contributed by atoms with E-state index in [0.29, 0.717) is 10.8 Å². The maximum atomic E-state index is 11.4. The van der Waals surface area contributed by atoms with Crippen LogP contribution >= 0.6 is 0 Å². The topological polar surface area (TPSA) is 154 Å². The summed E-state index contributed by atoms with van der Waals surface area (Å²) >= 11 is 0. The van der Waals surface area contributed by atoms with Crippen LogP contribution in [0.25, 0.3) is 10.8 Å². The first-order chi connectivity index (χ1) is 12.6. The van der Waals surface area contributed by atoms with Gasteiger partial charge in [-0.15, -0.1) is 11.2 Å². The summed E-state index contributed by atoms with van der Waals surface area (Å²) in [4.78, 5) is -0.849. The second-order valence-electron chi connectivity index (χ2n) is 5.36. The fraction of sp³-hybridized carbons (Fsp3) is 0. The van der Waals surface area contributed by atoms with Crippen molar-refractivity contribution in [3.05, 3.63) is 54.6 Å². The summed E-state index contributed by atoms with van der Waals surface area (Å²) in [5.41, 5.74) is -0.231. The minimum absolute atomic E-state index is 0. The van der Waals surface area contributed by atoms with Crippen molar-refractivity contribution in [2.24, 2.45) is 10.2 Å². The van der Waals surface area contributed by atoms with Crippen LogP contribution in [0.2, 0.25) is 0 Å². The molecular weight excluding hydrogens is 419 g/mol. The van der Waals surface area contributed by atoms with Crippen LogP contribution < -0.4 is 29.6 Å². The molecule has 3 aromatic rings. The molecule has 3 rings (SSSR count). The van der Waals surface area contributed by atoms with Crippen molar-refractivity contribution in [1.82, 2.24) is 0 Å². The van der Waals surface area contributed by atoms with E-state index in [0.717, 1.165) is 12.1 Å². The first kappa shape index (κ1) is 22.4. The van der Waals surface area contributed by atoms with Gasteiger partial charge in [0.1, 0.15) is 11.4 Å². The van der Waals surface area contributed by atoms with Crippen LogP contribution in [-0.2, 0) is 20.2 Å². The molecule has 0 saturated heterocycles. The Kier molecular flexibility index (Phi) is 6.61. The van der Waals surface area contributed by atoms with Gasteiger partial charge in [-0.05, 0) is 29.3 Å². The molecule has 0 fully saturated rings. The van der Waals surface area contributed by atoms with Gasteiger partial charge in [-0.1, -0.05) is 12.1 Å². The van der Waals surface area contributed by atoms with Gasteiger partial charge < -0.3 is 5.11 Å². The number of fused-ring (bicyclic) bond motifs is 1. The SMILES string of the molecule is O=S(=O)(O)c1ccc2c(N=Nc3cc[c-]cc3S(=O)(=O)O)c(O)ccc2c1.[Na+]. The van der Waals surface area contributed by atoms with Gasteiger partial charge in [0, 0.05) is 10.3 Å². The maximum absolute atomic E-state index is 11.4. The number of hydrogen-bond acceptors (Lipinski definition) is 7. The molecule has 0 radical (unpaired) electrons. The minimum Gasteiger partial charge on any atom is -0.506 e. The zero-order valence-electron chi connectivity index (χ0n) is 14.3. The molecule has 12 heteroatoms. The molecule has 0 aliphatic carbocycles. The van der Waals surface area contributed by atoms with Crippen LogP contribution in [0, 0.1) is 6.07 Å². The van der Waals surface area contributed by atoms with Crippen LogP contribution in [0.3, 0.4) is 0 Å². The Bertz CT molecular complexity index is 1290. The van der Waals surface area contributed by atoms with Crippen molar-refractivity contribution < 1.29 is 60.6 Å². The summed E-state index contributed by atoms with van der Waals surface area (Å²) in [6, 6.07) is 12.4. The number of benzene rings is 3. The van der Waals surface area contributed by atoms with E-state index < -0.39 is 25.1 Å². The molecule has 3 N–H and O–H groups in total. The summed E-state index contributed by atoms with van der Waals surface area (Å²) < 4.78 is 63.6. The first-order valence-electron chi connectivity index (χ1n) is 7.20. The predicted molar refractivity (Wildman–Crippen MR) is 94.7 cm³/mol. The second kappa shape index (κ2) is 8.25. The molecule has 0 amide bonds. The number of azo groups is 1. The summed E-state index contributed by atoms with van der Waals surface area (Å²) in [6.07, 6.45) is 0. The van der Waals surface area contributed by atoms with Gasteiger partial charge in [0.25, 0.3) is 10.1 Å². The van der Waals surface area contributed by atoms with Crippen molar-refractivity contribution in [3.63, 3.8) is 0 Å². The van der Waals surface area contributed by atoms with Gasteiger partial charge in [-0.2, -0.15) is 31.7 Å². The summed E-state index contributed by atoms with van der Waals surface area (Å²) in [5, 5.41) is 18.3. The largest absolute Gasteiger partial charge is 1.00 e. The number of rotatable bonds is 4. The maximum Gasteiger partial charge on any atom is 1.00 e. The quantitative estimate of drug-likeness (QED) is 0.232. The van der Waals surface area contributed by atoms with Crippen LogP contribution in [0.4, 0.5) is 11.4 Å². The Labute approximate surface area is 182 Å². The third kappa shape index (κ3) is 4.75. The second-order valence-corrected chi connectivity index (χ2v) is 8.17. The summed E-state index contributed by atoms with van der Waals surface area (Å²) in [5.74, 6) is -0.290.